The van der Waals surface area contributed by atoms with Gasteiger partial charge in [-0.05, 0) is 18.3 Å². The Bertz CT molecular complexity index is 313. The van der Waals surface area contributed by atoms with Crippen LogP contribution >= 0.6 is 0 Å². The minimum Gasteiger partial charge on any atom is -0.376 e. The fraction of sp³-hybridized carbons (Fsp3) is 1.00. The van der Waals surface area contributed by atoms with Gasteiger partial charge in [0, 0.05) is 11.8 Å². The van der Waals surface area contributed by atoms with E-state index in [0.717, 1.165) is 0 Å². The molecular formula is C10H13F5O. The van der Waals surface area contributed by atoms with Crippen LogP contribution < -0.4 is 0 Å². The zero-order chi connectivity index (χ0) is 12.5. The van der Waals surface area contributed by atoms with Gasteiger partial charge in [0.2, 0.25) is 5.60 Å². The third-order valence-electron chi connectivity index (χ3n) is 4.55. The normalized spacial score (nSPS) is 51.0. The van der Waals surface area contributed by atoms with Crippen molar-refractivity contribution < 1.29 is 27.1 Å². The van der Waals surface area contributed by atoms with Crippen molar-refractivity contribution in [3.05, 3.63) is 0 Å². The van der Waals surface area contributed by atoms with Gasteiger partial charge in [-0.3, -0.25) is 0 Å². The van der Waals surface area contributed by atoms with Gasteiger partial charge in [-0.15, -0.1) is 0 Å². The minimum atomic E-state index is -5.27. The zero-order valence-electron chi connectivity index (χ0n) is 8.85. The first-order chi connectivity index (χ1) is 7.05. The zero-order valence-corrected chi connectivity index (χ0v) is 8.85. The Morgan fingerprint density at radius 3 is 1.88 bits per heavy atom. The van der Waals surface area contributed by atoms with Gasteiger partial charge in [-0.1, -0.05) is 13.8 Å². The number of aliphatic hydroxyl groups is 1. The summed E-state index contributed by atoms with van der Waals surface area (Å²) in [4.78, 5) is 0. The number of hydrogen-bond donors (Lipinski definition) is 1. The first-order valence-electron chi connectivity index (χ1n) is 5.22. The number of hydrogen-bond acceptors (Lipinski definition) is 1. The van der Waals surface area contributed by atoms with E-state index >= 15 is 0 Å². The van der Waals surface area contributed by atoms with Crippen LogP contribution in [0, 0.1) is 23.7 Å². The SMILES string of the molecule is CC1C(C)C2CC1C(F)(F)C2(O)C(F)(F)F. The molecule has 2 saturated carbocycles. The molecule has 2 bridgehead atoms. The van der Waals surface area contributed by atoms with Crippen molar-refractivity contribution in [3.63, 3.8) is 0 Å². The Hall–Kier alpha value is -0.390. The van der Waals surface area contributed by atoms with Gasteiger partial charge in [0.05, 0.1) is 0 Å². The Kier molecular flexibility index (Phi) is 2.18. The number of alkyl halides is 5. The highest BCUT2D eigenvalue weighted by Crippen LogP contribution is 2.67. The lowest BCUT2D eigenvalue weighted by Gasteiger charge is -2.45. The van der Waals surface area contributed by atoms with Crippen LogP contribution in [-0.2, 0) is 0 Å². The van der Waals surface area contributed by atoms with Crippen molar-refractivity contribution in [2.24, 2.45) is 23.7 Å². The monoisotopic (exact) mass is 244 g/mol. The molecule has 6 heteroatoms. The maximum absolute atomic E-state index is 13.6. The van der Waals surface area contributed by atoms with Crippen LogP contribution in [0.25, 0.3) is 0 Å². The lowest BCUT2D eigenvalue weighted by atomic mass is 9.70. The van der Waals surface area contributed by atoms with Gasteiger partial charge >= 0.3 is 6.18 Å². The molecule has 0 radical (unpaired) electrons. The van der Waals surface area contributed by atoms with Gasteiger partial charge in [0.25, 0.3) is 5.92 Å². The molecule has 2 fully saturated rings. The molecule has 2 aliphatic rings. The molecule has 1 N–H and O–H groups in total. The van der Waals surface area contributed by atoms with Crippen LogP contribution in [0.3, 0.4) is 0 Å². The Labute approximate surface area is 89.6 Å². The second-order valence-electron chi connectivity index (χ2n) is 5.05. The minimum absolute atomic E-state index is 0.245. The van der Waals surface area contributed by atoms with Crippen LogP contribution in [0.2, 0.25) is 0 Å². The van der Waals surface area contributed by atoms with Crippen LogP contribution in [0.15, 0.2) is 0 Å². The summed E-state index contributed by atoms with van der Waals surface area (Å²) in [6.07, 6.45) is -5.52. The van der Waals surface area contributed by atoms with Gasteiger partial charge in [-0.25, -0.2) is 8.78 Å². The Balaban J connectivity index is 2.50. The molecule has 0 aromatic heterocycles. The van der Waals surface area contributed by atoms with Crippen molar-refractivity contribution in [1.29, 1.82) is 0 Å². The maximum Gasteiger partial charge on any atom is 0.423 e. The summed E-state index contributed by atoms with van der Waals surface area (Å²) in [5, 5.41) is 9.46. The summed E-state index contributed by atoms with van der Waals surface area (Å²) in [6, 6.07) is 0. The van der Waals surface area contributed by atoms with Crippen molar-refractivity contribution in [2.75, 3.05) is 0 Å². The number of rotatable bonds is 0. The second-order valence-corrected chi connectivity index (χ2v) is 5.05. The first-order valence-corrected chi connectivity index (χ1v) is 5.22. The highest BCUT2D eigenvalue weighted by molar-refractivity contribution is 5.19. The molecule has 0 heterocycles. The van der Waals surface area contributed by atoms with Crippen LogP contribution in [-0.4, -0.2) is 22.8 Å². The summed E-state index contributed by atoms with van der Waals surface area (Å²) in [6.45, 7) is 3.03. The van der Waals surface area contributed by atoms with Gasteiger partial charge in [-0.2, -0.15) is 13.2 Å². The summed E-state index contributed by atoms with van der Waals surface area (Å²) in [5.74, 6) is -7.83. The molecule has 94 valence electrons. The van der Waals surface area contributed by atoms with Crippen molar-refractivity contribution in [2.45, 2.75) is 38.0 Å². The van der Waals surface area contributed by atoms with Crippen molar-refractivity contribution in [3.8, 4) is 0 Å². The smallest absolute Gasteiger partial charge is 0.376 e. The van der Waals surface area contributed by atoms with Crippen molar-refractivity contribution >= 4 is 0 Å². The quantitative estimate of drug-likeness (QED) is 0.650. The summed E-state index contributed by atoms with van der Waals surface area (Å²) in [7, 11) is 0. The molecular weight excluding hydrogens is 231 g/mol. The molecule has 5 atom stereocenters. The van der Waals surface area contributed by atoms with Gasteiger partial charge < -0.3 is 5.11 Å². The maximum atomic E-state index is 13.6. The third kappa shape index (κ3) is 1.04. The third-order valence-corrected chi connectivity index (χ3v) is 4.55. The average Bonchev–Trinajstić information content (AvgIpc) is 2.50. The standard InChI is InChI=1S/C10H13F5O/c1-4-5(2)7-3-6(4)8(16,9(7,11)12)10(13,14)15/h4-7,16H,3H2,1-2H3. The predicted octanol–water partition coefficient (Wildman–Crippen LogP) is 2.84. The number of fused-ring (bicyclic) bond motifs is 2. The Morgan fingerprint density at radius 2 is 1.50 bits per heavy atom. The largest absolute Gasteiger partial charge is 0.423 e. The molecule has 0 amide bonds. The van der Waals surface area contributed by atoms with Crippen molar-refractivity contribution in [1.82, 2.24) is 0 Å². The second kappa shape index (κ2) is 2.89. The lowest BCUT2D eigenvalue weighted by Crippen LogP contribution is -2.64. The van der Waals surface area contributed by atoms with E-state index in [4.69, 9.17) is 0 Å². The van der Waals surface area contributed by atoms with E-state index in [2.05, 4.69) is 0 Å². The molecule has 0 spiro atoms. The van der Waals surface area contributed by atoms with E-state index < -0.39 is 41.4 Å². The van der Waals surface area contributed by atoms with Crippen LogP contribution in [0.1, 0.15) is 20.3 Å². The van der Waals surface area contributed by atoms with E-state index in [0.29, 0.717) is 0 Å². The summed E-state index contributed by atoms with van der Waals surface area (Å²) < 4.78 is 65.3. The molecule has 0 aliphatic heterocycles. The fourth-order valence-corrected chi connectivity index (χ4v) is 3.39. The molecule has 5 unspecified atom stereocenters. The average molecular weight is 244 g/mol. The summed E-state index contributed by atoms with van der Waals surface area (Å²) >= 11 is 0. The molecule has 0 aromatic carbocycles. The molecule has 2 rings (SSSR count). The highest BCUT2D eigenvalue weighted by atomic mass is 19.4. The Morgan fingerprint density at radius 1 is 1.06 bits per heavy atom. The first kappa shape index (κ1) is 12.1. The lowest BCUT2D eigenvalue weighted by molar-refractivity contribution is -0.356. The number of halogens is 5. The van der Waals surface area contributed by atoms with E-state index in [1.54, 1.807) is 0 Å². The van der Waals surface area contributed by atoms with Gasteiger partial charge in [0.1, 0.15) is 0 Å². The molecule has 0 saturated heterocycles. The van der Waals surface area contributed by atoms with E-state index in [1.165, 1.54) is 13.8 Å². The molecule has 16 heavy (non-hydrogen) atoms. The molecule has 1 nitrogen and oxygen atoms in total. The van der Waals surface area contributed by atoms with E-state index in [9.17, 15) is 27.1 Å². The van der Waals surface area contributed by atoms with Crippen LogP contribution in [0.4, 0.5) is 22.0 Å². The molecule has 0 aromatic rings. The van der Waals surface area contributed by atoms with Gasteiger partial charge in [0.15, 0.2) is 0 Å². The van der Waals surface area contributed by atoms with E-state index in [-0.39, 0.29) is 6.42 Å². The molecule has 2 aliphatic carbocycles. The highest BCUT2D eigenvalue weighted by Gasteiger charge is 2.82. The van der Waals surface area contributed by atoms with Crippen LogP contribution in [0.5, 0.6) is 0 Å². The topological polar surface area (TPSA) is 20.2 Å². The predicted molar refractivity (Wildman–Crippen MR) is 45.9 cm³/mol. The van der Waals surface area contributed by atoms with E-state index in [1.807, 2.05) is 0 Å². The fourth-order valence-electron chi connectivity index (χ4n) is 3.39. The summed E-state index contributed by atoms with van der Waals surface area (Å²) in [5.41, 5.74) is -3.84.